The Balaban J connectivity index is 1.39. The average molecular weight is 660 g/mol. The van der Waals surface area contributed by atoms with E-state index in [0.717, 1.165) is 17.7 Å². The molecule has 246 valence electrons. The van der Waals surface area contributed by atoms with Gasteiger partial charge in [-0.05, 0) is 56.9 Å². The quantitative estimate of drug-likeness (QED) is 0.243. The van der Waals surface area contributed by atoms with E-state index in [9.17, 15) is 32.5 Å². The average Bonchev–Trinajstić information content (AvgIpc) is 3.61. The van der Waals surface area contributed by atoms with Crippen molar-refractivity contribution >= 4 is 42.1 Å². The van der Waals surface area contributed by atoms with Crippen molar-refractivity contribution in [3.8, 4) is 0 Å². The van der Waals surface area contributed by atoms with Gasteiger partial charge in [-0.15, -0.1) is 0 Å². The number of carbonyl (C=O) groups excluding carboxylic acids is 4. The van der Waals surface area contributed by atoms with Crippen LogP contribution in [0.5, 0.6) is 0 Å². The van der Waals surface area contributed by atoms with Crippen molar-refractivity contribution in [3.63, 3.8) is 0 Å². The van der Waals surface area contributed by atoms with Gasteiger partial charge in [-0.2, -0.15) is 8.78 Å². The zero-order chi connectivity index (χ0) is 33.6. The zero-order valence-electron chi connectivity index (χ0n) is 25.5. The van der Waals surface area contributed by atoms with Crippen LogP contribution in [-0.4, -0.2) is 79.4 Å². The number of fused-ring (bicyclic) bond motifs is 2. The van der Waals surface area contributed by atoms with E-state index < -0.39 is 48.3 Å². The molecule has 0 bridgehead atoms. The van der Waals surface area contributed by atoms with Crippen molar-refractivity contribution in [2.75, 3.05) is 13.1 Å². The summed E-state index contributed by atoms with van der Waals surface area (Å²) in [6.07, 6.45) is 1.39. The summed E-state index contributed by atoms with van der Waals surface area (Å²) < 4.78 is 39.9. The minimum atomic E-state index is -5.81. The normalized spacial score (nSPS) is 21.0. The molecule has 3 atom stereocenters. The van der Waals surface area contributed by atoms with Crippen molar-refractivity contribution < 1.29 is 42.3 Å². The smallest absolute Gasteiger partial charge is 0.351 e. The zero-order valence-corrected chi connectivity index (χ0v) is 26.4. The van der Waals surface area contributed by atoms with Crippen LogP contribution in [0.25, 0.3) is 10.9 Å². The molecule has 2 fully saturated rings. The SMILES string of the molecule is CC(=O)N1CC[C@H]2CC[C@@H](C(=O)NC(C)(C)c3ccccc3)N2C(=O)[C@@H](NC(=O)c2cc3cc(C(F)(F)P(=O)(O)O)ccc3[nH]2)C1. The predicted octanol–water partition coefficient (Wildman–Crippen LogP) is 3.16. The first-order chi connectivity index (χ1) is 21.5. The Labute approximate surface area is 263 Å². The summed E-state index contributed by atoms with van der Waals surface area (Å²) in [5.41, 5.74) is -5.07. The first-order valence-corrected chi connectivity index (χ1v) is 16.4. The molecular weight excluding hydrogens is 623 g/mol. The molecule has 5 N–H and O–H groups in total. The molecule has 3 aromatic rings. The fourth-order valence-electron chi connectivity index (χ4n) is 6.19. The summed E-state index contributed by atoms with van der Waals surface area (Å²) in [5.74, 6) is -1.93. The van der Waals surface area contributed by atoms with E-state index in [1.807, 2.05) is 44.2 Å². The van der Waals surface area contributed by atoms with Crippen LogP contribution in [0.4, 0.5) is 8.78 Å². The summed E-state index contributed by atoms with van der Waals surface area (Å²) in [6.45, 7) is 5.26. The maximum atomic E-state index is 14.3. The van der Waals surface area contributed by atoms with E-state index in [1.54, 1.807) is 0 Å². The molecule has 2 aliphatic rings. The van der Waals surface area contributed by atoms with E-state index in [1.165, 1.54) is 28.9 Å². The van der Waals surface area contributed by atoms with Crippen LogP contribution in [0.3, 0.4) is 0 Å². The number of aromatic nitrogens is 1. The van der Waals surface area contributed by atoms with Gasteiger partial charge in [-0.3, -0.25) is 23.7 Å². The molecule has 0 spiro atoms. The predicted molar refractivity (Wildman–Crippen MR) is 164 cm³/mol. The van der Waals surface area contributed by atoms with Crippen LogP contribution in [-0.2, 0) is 30.2 Å². The second-order valence-electron chi connectivity index (χ2n) is 12.3. The second-order valence-corrected chi connectivity index (χ2v) is 14.0. The van der Waals surface area contributed by atoms with Crippen molar-refractivity contribution in [2.24, 2.45) is 0 Å². The molecular formula is C31H36F2N5O7P. The van der Waals surface area contributed by atoms with Gasteiger partial charge in [0.15, 0.2) is 0 Å². The van der Waals surface area contributed by atoms with Crippen molar-refractivity contribution in [1.82, 2.24) is 25.4 Å². The largest absolute Gasteiger partial charge is 0.399 e. The Morgan fingerprint density at radius 3 is 2.35 bits per heavy atom. The molecule has 12 nitrogen and oxygen atoms in total. The number of nitrogens with zero attached hydrogens (tertiary/aromatic N) is 2. The van der Waals surface area contributed by atoms with Crippen molar-refractivity contribution in [1.29, 1.82) is 0 Å². The third kappa shape index (κ3) is 6.42. The fraction of sp³-hybridized carbons (Fsp3) is 0.419. The lowest BCUT2D eigenvalue weighted by atomic mass is 9.94. The maximum Gasteiger partial charge on any atom is 0.399 e. The first-order valence-electron chi connectivity index (χ1n) is 14.8. The van der Waals surface area contributed by atoms with E-state index in [-0.39, 0.29) is 41.0 Å². The lowest BCUT2D eigenvalue weighted by Gasteiger charge is -2.39. The molecule has 2 saturated heterocycles. The lowest BCUT2D eigenvalue weighted by Crippen LogP contribution is -2.61. The van der Waals surface area contributed by atoms with Crippen LogP contribution in [0, 0.1) is 0 Å². The third-order valence-electron chi connectivity index (χ3n) is 8.75. The first kappa shape index (κ1) is 33.2. The molecule has 46 heavy (non-hydrogen) atoms. The Hall–Kier alpha value is -4.13. The van der Waals surface area contributed by atoms with Gasteiger partial charge in [-0.1, -0.05) is 36.4 Å². The lowest BCUT2D eigenvalue weighted by molar-refractivity contribution is -0.145. The number of alkyl halides is 2. The van der Waals surface area contributed by atoms with Gasteiger partial charge in [0, 0.05) is 42.5 Å². The van der Waals surface area contributed by atoms with Gasteiger partial charge < -0.3 is 35.2 Å². The molecule has 15 heteroatoms. The summed E-state index contributed by atoms with van der Waals surface area (Å²) in [7, 11) is -5.81. The standard InChI is InChI=1S/C31H36F2N5O7P/c1-18(39)37-14-13-22-10-12-26(28(41)36-30(2,3)20-7-5-4-6-8-20)38(22)29(42)25(17-37)35-27(40)24-16-19-15-21(9-11-23(19)34-24)31(32,33)46(43,44)45/h4-9,11,15-16,22,25-26,34H,10,12-14,17H2,1-3H3,(H,35,40)(H,36,41)(H2,43,44,45)/t22-,25+,26+/m1/s1. The van der Waals surface area contributed by atoms with Crippen LogP contribution in [0.1, 0.15) is 61.6 Å². The number of hydrogen-bond donors (Lipinski definition) is 5. The fourth-order valence-corrected chi connectivity index (χ4v) is 6.67. The van der Waals surface area contributed by atoms with Gasteiger partial charge >= 0.3 is 13.3 Å². The molecule has 2 aliphatic heterocycles. The molecule has 4 amide bonds. The van der Waals surface area contributed by atoms with Gasteiger partial charge in [0.25, 0.3) is 5.91 Å². The molecule has 0 radical (unpaired) electrons. The molecule has 0 saturated carbocycles. The van der Waals surface area contributed by atoms with E-state index in [4.69, 9.17) is 9.79 Å². The monoisotopic (exact) mass is 659 g/mol. The summed E-state index contributed by atoms with van der Waals surface area (Å²) >= 11 is 0. The Kier molecular flexibility index (Phi) is 8.84. The number of rotatable bonds is 7. The Morgan fingerprint density at radius 2 is 1.70 bits per heavy atom. The molecule has 3 heterocycles. The number of aromatic amines is 1. The number of amides is 4. The Morgan fingerprint density at radius 1 is 1.00 bits per heavy atom. The topological polar surface area (TPSA) is 172 Å². The highest BCUT2D eigenvalue weighted by Crippen LogP contribution is 2.59. The van der Waals surface area contributed by atoms with Crippen molar-refractivity contribution in [3.05, 3.63) is 71.4 Å². The Bertz CT molecular complexity index is 1720. The van der Waals surface area contributed by atoms with Crippen LogP contribution in [0.2, 0.25) is 0 Å². The van der Waals surface area contributed by atoms with Crippen LogP contribution < -0.4 is 10.6 Å². The van der Waals surface area contributed by atoms with E-state index >= 15 is 0 Å². The molecule has 2 aromatic carbocycles. The number of nitrogens with one attached hydrogen (secondary N) is 3. The highest BCUT2D eigenvalue weighted by Gasteiger charge is 2.50. The molecule has 5 rings (SSSR count). The van der Waals surface area contributed by atoms with E-state index in [2.05, 4.69) is 15.6 Å². The molecule has 1 aromatic heterocycles. The summed E-state index contributed by atoms with van der Waals surface area (Å²) in [6, 6.07) is 11.1. The van der Waals surface area contributed by atoms with Crippen LogP contribution in [0.15, 0.2) is 54.6 Å². The van der Waals surface area contributed by atoms with Gasteiger partial charge in [0.2, 0.25) is 17.7 Å². The van der Waals surface area contributed by atoms with Gasteiger partial charge in [0.05, 0.1) is 5.54 Å². The number of hydrogen-bond acceptors (Lipinski definition) is 5. The number of halogens is 2. The van der Waals surface area contributed by atoms with Gasteiger partial charge in [0.1, 0.15) is 17.8 Å². The molecule has 0 aliphatic carbocycles. The minimum absolute atomic E-state index is 0.0857. The third-order valence-corrected chi connectivity index (χ3v) is 9.74. The number of benzene rings is 2. The number of H-pyrrole nitrogens is 1. The highest BCUT2D eigenvalue weighted by atomic mass is 31.2. The summed E-state index contributed by atoms with van der Waals surface area (Å²) in [4.78, 5) is 77.6. The van der Waals surface area contributed by atoms with E-state index in [0.29, 0.717) is 25.8 Å². The minimum Gasteiger partial charge on any atom is -0.351 e. The van der Waals surface area contributed by atoms with Gasteiger partial charge in [-0.25, -0.2) is 0 Å². The van der Waals surface area contributed by atoms with Crippen LogP contribution >= 0.6 is 7.60 Å². The summed E-state index contributed by atoms with van der Waals surface area (Å²) in [5, 5.41) is 5.80. The molecule has 0 unspecified atom stereocenters. The highest BCUT2D eigenvalue weighted by molar-refractivity contribution is 7.52. The second kappa shape index (κ2) is 12.2. The van der Waals surface area contributed by atoms with Crippen molar-refractivity contribution in [2.45, 2.75) is 69.4 Å². The number of carbonyl (C=O) groups is 4. The maximum absolute atomic E-state index is 14.3.